The molecule has 36 heavy (non-hydrogen) atoms. The quantitative estimate of drug-likeness (QED) is 0.329. The van der Waals surface area contributed by atoms with Gasteiger partial charge in [-0.05, 0) is 55.4 Å². The Hall–Kier alpha value is -4.39. The third-order valence-electron chi connectivity index (χ3n) is 5.63. The number of anilines is 3. The van der Waals surface area contributed by atoms with Crippen LogP contribution in [0.3, 0.4) is 0 Å². The van der Waals surface area contributed by atoms with E-state index in [4.69, 9.17) is 10.5 Å². The largest absolute Gasteiger partial charge is 0.487 e. The van der Waals surface area contributed by atoms with Gasteiger partial charge in [0.15, 0.2) is 17.0 Å². The number of rotatable bonds is 5. The summed E-state index contributed by atoms with van der Waals surface area (Å²) < 4.78 is 47.3. The molecule has 0 saturated carbocycles. The second kappa shape index (κ2) is 9.34. The first-order valence-electron chi connectivity index (χ1n) is 11.0. The van der Waals surface area contributed by atoms with Gasteiger partial charge in [-0.3, -0.25) is 4.57 Å². The van der Waals surface area contributed by atoms with Gasteiger partial charge in [-0.15, -0.1) is 0 Å². The molecule has 4 aromatic rings. The van der Waals surface area contributed by atoms with Crippen LogP contribution in [0.25, 0.3) is 16.9 Å². The molecular weight excluding hydrogens is 477 g/mol. The van der Waals surface area contributed by atoms with E-state index >= 15 is 0 Å². The van der Waals surface area contributed by atoms with Gasteiger partial charge in [0.25, 0.3) is 0 Å². The second-order valence-electron chi connectivity index (χ2n) is 8.11. The molecular formula is C23H21F3N8O2. The minimum Gasteiger partial charge on any atom is -0.487 e. The first kappa shape index (κ1) is 23.4. The number of nitrogens with two attached hydrogens (primary N) is 1. The van der Waals surface area contributed by atoms with Crippen LogP contribution in [0.15, 0.2) is 55.1 Å². The number of urea groups is 1. The molecule has 5 N–H and O–H groups in total. The van der Waals surface area contributed by atoms with E-state index < -0.39 is 17.8 Å². The summed E-state index contributed by atoms with van der Waals surface area (Å²) in [5, 5.41) is 8.22. The van der Waals surface area contributed by atoms with Gasteiger partial charge < -0.3 is 26.4 Å². The predicted octanol–water partition coefficient (Wildman–Crippen LogP) is 3.80. The number of benzene rings is 2. The van der Waals surface area contributed by atoms with Crippen molar-refractivity contribution in [2.75, 3.05) is 29.5 Å². The van der Waals surface area contributed by atoms with Crippen molar-refractivity contribution in [3.63, 3.8) is 0 Å². The minimum absolute atomic E-state index is 0.0759. The van der Waals surface area contributed by atoms with Crippen LogP contribution in [-0.4, -0.2) is 44.7 Å². The van der Waals surface area contributed by atoms with Crippen LogP contribution in [0.5, 0.6) is 5.75 Å². The van der Waals surface area contributed by atoms with E-state index in [0.29, 0.717) is 35.5 Å². The van der Waals surface area contributed by atoms with Crippen LogP contribution >= 0.6 is 0 Å². The van der Waals surface area contributed by atoms with Crippen LogP contribution in [0.2, 0.25) is 0 Å². The number of imidazole rings is 1. The zero-order valence-corrected chi connectivity index (χ0v) is 18.7. The van der Waals surface area contributed by atoms with Crippen molar-refractivity contribution in [3.8, 4) is 11.4 Å². The van der Waals surface area contributed by atoms with E-state index in [2.05, 4.69) is 30.9 Å². The number of aromatic nitrogens is 4. The number of hydrogen-bond donors (Lipinski definition) is 4. The topological polar surface area (TPSA) is 132 Å². The Kier molecular flexibility index (Phi) is 6.06. The molecule has 1 atom stereocenters. The normalized spacial score (nSPS) is 15.7. The van der Waals surface area contributed by atoms with Gasteiger partial charge >= 0.3 is 12.2 Å². The summed E-state index contributed by atoms with van der Waals surface area (Å²) in [6.07, 6.45) is -1.16. The van der Waals surface area contributed by atoms with E-state index in [-0.39, 0.29) is 23.4 Å². The highest BCUT2D eigenvalue weighted by atomic mass is 19.4. The molecule has 10 nitrogen and oxygen atoms in total. The van der Waals surface area contributed by atoms with Crippen LogP contribution in [-0.2, 0) is 6.18 Å². The number of carbonyl (C=O) groups is 1. The number of alkyl halides is 3. The molecule has 1 saturated heterocycles. The Bertz CT molecular complexity index is 1400. The molecule has 1 aliphatic heterocycles. The molecule has 3 heterocycles. The van der Waals surface area contributed by atoms with E-state index in [0.717, 1.165) is 18.7 Å². The molecule has 186 valence electrons. The van der Waals surface area contributed by atoms with Crippen molar-refractivity contribution in [2.24, 2.45) is 0 Å². The molecule has 2 aromatic heterocycles. The second-order valence-corrected chi connectivity index (χ2v) is 8.11. The summed E-state index contributed by atoms with van der Waals surface area (Å²) in [5.74, 6) is 0.422. The highest BCUT2D eigenvalue weighted by Crippen LogP contribution is 2.36. The number of nitrogens with one attached hydrogen (secondary N) is 3. The minimum atomic E-state index is -4.57. The van der Waals surface area contributed by atoms with E-state index in [9.17, 15) is 18.0 Å². The highest BCUT2D eigenvalue weighted by Gasteiger charge is 2.32. The van der Waals surface area contributed by atoms with Gasteiger partial charge in [0.2, 0.25) is 0 Å². The Morgan fingerprint density at radius 2 is 1.92 bits per heavy atom. The van der Waals surface area contributed by atoms with Crippen molar-refractivity contribution in [1.29, 1.82) is 0 Å². The van der Waals surface area contributed by atoms with E-state index in [1.807, 2.05) is 0 Å². The fraction of sp³-hybridized carbons (Fsp3) is 0.217. The summed E-state index contributed by atoms with van der Waals surface area (Å²) in [5.41, 5.74) is 6.97. The fourth-order valence-electron chi connectivity index (χ4n) is 3.85. The summed E-state index contributed by atoms with van der Waals surface area (Å²) in [4.78, 5) is 25.0. The Morgan fingerprint density at radius 3 is 2.64 bits per heavy atom. The van der Waals surface area contributed by atoms with Crippen molar-refractivity contribution in [1.82, 2.24) is 24.8 Å². The highest BCUT2D eigenvalue weighted by molar-refractivity contribution is 6.00. The predicted molar refractivity (Wildman–Crippen MR) is 127 cm³/mol. The van der Waals surface area contributed by atoms with Gasteiger partial charge in [-0.2, -0.15) is 13.2 Å². The molecule has 5 rings (SSSR count). The third-order valence-corrected chi connectivity index (χ3v) is 5.63. The first-order valence-corrected chi connectivity index (χ1v) is 11.0. The van der Waals surface area contributed by atoms with Gasteiger partial charge in [0.1, 0.15) is 24.5 Å². The first-order chi connectivity index (χ1) is 17.3. The van der Waals surface area contributed by atoms with Gasteiger partial charge in [-0.25, -0.2) is 19.7 Å². The molecule has 0 bridgehead atoms. The summed E-state index contributed by atoms with van der Waals surface area (Å²) in [7, 11) is 0. The fourth-order valence-corrected chi connectivity index (χ4v) is 3.85. The lowest BCUT2D eigenvalue weighted by atomic mass is 10.1. The van der Waals surface area contributed by atoms with Gasteiger partial charge in [0, 0.05) is 17.9 Å². The van der Waals surface area contributed by atoms with Crippen LogP contribution in [0.1, 0.15) is 12.0 Å². The average molecular weight is 498 g/mol. The third kappa shape index (κ3) is 4.86. The number of hydrogen-bond acceptors (Lipinski definition) is 7. The zero-order chi connectivity index (χ0) is 25.3. The molecule has 0 aliphatic carbocycles. The SMILES string of the molecule is Nc1ncnc2c1ncn2-c1ccc(NC(=O)Nc2cc(C(F)(F)F)ccc2OC2CCNC2)cc1. The lowest BCUT2D eigenvalue weighted by Gasteiger charge is -2.18. The number of ether oxygens (including phenoxy) is 1. The van der Waals surface area contributed by atoms with Crippen LogP contribution in [0, 0.1) is 0 Å². The zero-order valence-electron chi connectivity index (χ0n) is 18.7. The van der Waals surface area contributed by atoms with Crippen LogP contribution in [0.4, 0.5) is 35.2 Å². The number of nitrogen functional groups attached to an aromatic ring is 1. The Labute approximate surface area is 202 Å². The monoisotopic (exact) mass is 498 g/mol. The summed E-state index contributed by atoms with van der Waals surface area (Å²) in [6.45, 7) is 1.32. The van der Waals surface area contributed by atoms with E-state index in [1.54, 1.807) is 35.2 Å². The molecule has 0 radical (unpaired) electrons. The maximum Gasteiger partial charge on any atom is 0.416 e. The van der Waals surface area contributed by atoms with Crippen LogP contribution < -0.4 is 26.4 Å². The molecule has 2 aromatic carbocycles. The number of amides is 2. The average Bonchev–Trinajstić information content (AvgIpc) is 3.51. The Morgan fingerprint density at radius 1 is 1.11 bits per heavy atom. The molecule has 13 heteroatoms. The summed E-state index contributed by atoms with van der Waals surface area (Å²) in [6, 6.07) is 9.01. The number of nitrogens with zero attached hydrogens (tertiary/aromatic N) is 4. The van der Waals surface area contributed by atoms with Crippen molar-refractivity contribution in [3.05, 3.63) is 60.7 Å². The maximum atomic E-state index is 13.3. The van der Waals surface area contributed by atoms with Gasteiger partial charge in [-0.1, -0.05) is 0 Å². The summed E-state index contributed by atoms with van der Waals surface area (Å²) >= 11 is 0. The molecule has 2 amide bonds. The Balaban J connectivity index is 1.32. The smallest absolute Gasteiger partial charge is 0.416 e. The lowest BCUT2D eigenvalue weighted by molar-refractivity contribution is -0.137. The molecule has 1 aliphatic rings. The lowest BCUT2D eigenvalue weighted by Crippen LogP contribution is -2.23. The molecule has 0 spiro atoms. The van der Waals surface area contributed by atoms with Crippen molar-refractivity contribution < 1.29 is 22.7 Å². The van der Waals surface area contributed by atoms with E-state index in [1.165, 1.54) is 12.4 Å². The van der Waals surface area contributed by atoms with Crippen molar-refractivity contribution in [2.45, 2.75) is 18.7 Å². The number of fused-ring (bicyclic) bond motifs is 1. The van der Waals surface area contributed by atoms with Crippen molar-refractivity contribution >= 4 is 34.4 Å². The maximum absolute atomic E-state index is 13.3. The van der Waals surface area contributed by atoms with Gasteiger partial charge in [0.05, 0.1) is 11.3 Å². The number of carbonyl (C=O) groups excluding carboxylic acids is 1. The molecule has 1 fully saturated rings. The standard InChI is InChI=1S/C23H21F3N8O2/c24-23(25,26)13-1-6-18(36-16-7-8-28-10-16)17(9-13)33-22(35)32-14-2-4-15(5-3-14)34-12-31-19-20(27)29-11-30-21(19)34/h1-6,9,11-12,16,28H,7-8,10H2,(H2,27,29,30)(H2,32,33,35). The molecule has 1 unspecified atom stereocenters. The number of halogens is 3.